The molecule has 1 aromatic heterocycles. The molecule has 1 saturated heterocycles. The van der Waals surface area contributed by atoms with Crippen LogP contribution in [0.5, 0.6) is 0 Å². The van der Waals surface area contributed by atoms with E-state index in [1.54, 1.807) is 11.3 Å². The summed E-state index contributed by atoms with van der Waals surface area (Å²) in [7, 11) is 0. The van der Waals surface area contributed by atoms with Crippen LogP contribution in [-0.4, -0.2) is 60.0 Å². The highest BCUT2D eigenvalue weighted by Crippen LogP contribution is 2.15. The van der Waals surface area contributed by atoms with Gasteiger partial charge in [0.05, 0.1) is 17.1 Å². The van der Waals surface area contributed by atoms with Crippen molar-refractivity contribution in [3.63, 3.8) is 0 Å². The van der Waals surface area contributed by atoms with Gasteiger partial charge in [-0.3, -0.25) is 4.79 Å². The summed E-state index contributed by atoms with van der Waals surface area (Å²) in [6, 6.07) is 0. The third-order valence-electron chi connectivity index (χ3n) is 4.20. The second-order valence-corrected chi connectivity index (χ2v) is 6.77. The summed E-state index contributed by atoms with van der Waals surface area (Å²) in [6.45, 7) is 7.69. The van der Waals surface area contributed by atoms with Gasteiger partial charge in [0, 0.05) is 31.6 Å². The maximum absolute atomic E-state index is 12.3. The Hall–Kier alpha value is -0.980. The number of nitrogens with zero attached hydrogens (tertiary/aromatic N) is 3. The lowest BCUT2D eigenvalue weighted by Gasteiger charge is -2.34. The van der Waals surface area contributed by atoms with Gasteiger partial charge in [-0.1, -0.05) is 13.3 Å². The lowest BCUT2D eigenvalue weighted by Crippen LogP contribution is -2.48. The molecule has 0 unspecified atom stereocenters. The number of amides is 1. The van der Waals surface area contributed by atoms with Gasteiger partial charge in [-0.2, -0.15) is 0 Å². The minimum absolute atomic E-state index is 0.218. The van der Waals surface area contributed by atoms with Crippen LogP contribution in [0.4, 0.5) is 0 Å². The topological polar surface area (TPSA) is 62.5 Å². The Morgan fingerprint density at radius 2 is 2.05 bits per heavy atom. The van der Waals surface area contributed by atoms with Crippen LogP contribution in [0.2, 0.25) is 0 Å². The van der Waals surface area contributed by atoms with Gasteiger partial charge in [-0.15, -0.1) is 11.3 Å². The Bertz CT molecular complexity index is 455. The highest BCUT2D eigenvalue weighted by molar-refractivity contribution is 7.09. The predicted molar refractivity (Wildman–Crippen MR) is 91.1 cm³/mol. The molecule has 0 aliphatic carbocycles. The first kappa shape index (κ1) is 17.4. The monoisotopic (exact) mass is 324 g/mol. The summed E-state index contributed by atoms with van der Waals surface area (Å²) >= 11 is 1.68. The first-order valence-electron chi connectivity index (χ1n) is 8.36. The molecule has 0 radical (unpaired) electrons. The van der Waals surface area contributed by atoms with Crippen LogP contribution in [0.15, 0.2) is 5.38 Å². The van der Waals surface area contributed by atoms with E-state index >= 15 is 0 Å². The highest BCUT2D eigenvalue weighted by Gasteiger charge is 2.20. The Morgan fingerprint density at radius 3 is 2.73 bits per heavy atom. The Morgan fingerprint density at radius 1 is 1.27 bits per heavy atom. The number of hydrogen-bond acceptors (Lipinski definition) is 5. The molecule has 2 rings (SSSR count). The van der Waals surface area contributed by atoms with Crippen molar-refractivity contribution in [1.29, 1.82) is 0 Å². The summed E-state index contributed by atoms with van der Waals surface area (Å²) in [6.07, 6.45) is 4.84. The average molecular weight is 324 g/mol. The van der Waals surface area contributed by atoms with Crippen molar-refractivity contribution in [2.75, 3.05) is 39.3 Å². The van der Waals surface area contributed by atoms with E-state index in [-0.39, 0.29) is 5.91 Å². The van der Waals surface area contributed by atoms with Gasteiger partial charge in [-0.05, 0) is 32.4 Å². The molecule has 0 spiro atoms. The van der Waals surface area contributed by atoms with Gasteiger partial charge in [0.15, 0.2) is 0 Å². The maximum atomic E-state index is 12.3. The van der Waals surface area contributed by atoms with Gasteiger partial charge >= 0.3 is 0 Å². The fourth-order valence-electron chi connectivity index (χ4n) is 2.72. The minimum Gasteiger partial charge on any atom is -0.340 e. The Kier molecular flexibility index (Phi) is 7.29. The first-order valence-corrected chi connectivity index (χ1v) is 9.24. The number of likely N-dealkylation sites (N-methyl/N-ethyl adjacent to an activating group) is 1. The maximum Gasteiger partial charge on any atom is 0.228 e. The fourth-order valence-corrected chi connectivity index (χ4v) is 3.56. The highest BCUT2D eigenvalue weighted by atomic mass is 32.1. The molecular weight excluding hydrogens is 296 g/mol. The van der Waals surface area contributed by atoms with E-state index in [4.69, 9.17) is 5.73 Å². The standard InChI is InChI=1S/C16H28N4OS/c1-2-19-8-10-20(11-9-19)16(21)12-14-13-22-15(18-14)6-4-3-5-7-17/h13H,2-12,17H2,1H3. The number of rotatable bonds is 8. The van der Waals surface area contributed by atoms with Crippen LogP contribution < -0.4 is 5.73 Å². The number of carbonyl (C=O) groups is 1. The number of aryl methyl sites for hydroxylation is 1. The van der Waals surface area contributed by atoms with Crippen LogP contribution in [-0.2, 0) is 17.6 Å². The molecule has 124 valence electrons. The normalized spacial score (nSPS) is 16.2. The van der Waals surface area contributed by atoms with Crippen LogP contribution in [0, 0.1) is 0 Å². The van der Waals surface area contributed by atoms with Gasteiger partial charge < -0.3 is 15.5 Å². The third-order valence-corrected chi connectivity index (χ3v) is 5.16. The number of piperazine rings is 1. The van der Waals surface area contributed by atoms with Gasteiger partial charge in [0.25, 0.3) is 0 Å². The van der Waals surface area contributed by atoms with E-state index in [0.717, 1.165) is 75.7 Å². The van der Waals surface area contributed by atoms with E-state index in [9.17, 15) is 4.79 Å². The number of thiazole rings is 1. The molecule has 6 heteroatoms. The molecule has 1 amide bonds. The molecule has 0 bridgehead atoms. The number of hydrogen-bond donors (Lipinski definition) is 1. The molecule has 1 aromatic rings. The molecule has 0 atom stereocenters. The molecular formula is C16H28N4OS. The summed E-state index contributed by atoms with van der Waals surface area (Å²) < 4.78 is 0. The quantitative estimate of drug-likeness (QED) is 0.737. The second-order valence-electron chi connectivity index (χ2n) is 5.82. The predicted octanol–water partition coefficient (Wildman–Crippen LogP) is 1.52. The minimum atomic E-state index is 0.218. The fraction of sp³-hybridized carbons (Fsp3) is 0.750. The number of nitrogens with two attached hydrogens (primary N) is 1. The van der Waals surface area contributed by atoms with Gasteiger partial charge in [0.1, 0.15) is 0 Å². The van der Waals surface area contributed by atoms with Crippen molar-refractivity contribution in [3.05, 3.63) is 16.1 Å². The molecule has 2 N–H and O–H groups in total. The Balaban J connectivity index is 1.74. The molecule has 5 nitrogen and oxygen atoms in total. The van der Waals surface area contributed by atoms with Crippen LogP contribution in [0.1, 0.15) is 36.9 Å². The first-order chi connectivity index (χ1) is 10.7. The lowest BCUT2D eigenvalue weighted by atomic mass is 10.2. The third kappa shape index (κ3) is 5.34. The number of unbranched alkanes of at least 4 members (excludes halogenated alkanes) is 2. The van der Waals surface area contributed by atoms with Crippen LogP contribution in [0.3, 0.4) is 0 Å². The summed E-state index contributed by atoms with van der Waals surface area (Å²) in [5.74, 6) is 0.218. The number of carbonyl (C=O) groups excluding carboxylic acids is 1. The zero-order valence-electron chi connectivity index (χ0n) is 13.6. The average Bonchev–Trinajstić information content (AvgIpc) is 2.99. The largest absolute Gasteiger partial charge is 0.340 e. The van der Waals surface area contributed by atoms with Crippen LogP contribution >= 0.6 is 11.3 Å². The van der Waals surface area contributed by atoms with E-state index in [1.807, 2.05) is 10.3 Å². The van der Waals surface area contributed by atoms with Gasteiger partial charge in [-0.25, -0.2) is 4.98 Å². The van der Waals surface area contributed by atoms with Crippen molar-refractivity contribution < 1.29 is 4.79 Å². The van der Waals surface area contributed by atoms with E-state index in [0.29, 0.717) is 6.42 Å². The van der Waals surface area contributed by atoms with Crippen LogP contribution in [0.25, 0.3) is 0 Å². The smallest absolute Gasteiger partial charge is 0.228 e. The zero-order chi connectivity index (χ0) is 15.8. The molecule has 2 heterocycles. The molecule has 1 fully saturated rings. The molecule has 1 aliphatic heterocycles. The van der Waals surface area contributed by atoms with Crippen molar-refractivity contribution in [3.8, 4) is 0 Å². The van der Waals surface area contributed by atoms with E-state index < -0.39 is 0 Å². The Labute approximate surface area is 137 Å². The zero-order valence-corrected chi connectivity index (χ0v) is 14.4. The van der Waals surface area contributed by atoms with Crippen molar-refractivity contribution in [2.45, 2.75) is 39.0 Å². The van der Waals surface area contributed by atoms with E-state index in [2.05, 4.69) is 16.8 Å². The SMILES string of the molecule is CCN1CCN(C(=O)Cc2csc(CCCCCN)n2)CC1. The van der Waals surface area contributed by atoms with Crippen molar-refractivity contribution in [2.24, 2.45) is 5.73 Å². The molecule has 1 aliphatic rings. The summed E-state index contributed by atoms with van der Waals surface area (Å²) in [4.78, 5) is 21.3. The van der Waals surface area contributed by atoms with Crippen molar-refractivity contribution >= 4 is 17.2 Å². The number of aromatic nitrogens is 1. The molecule has 0 saturated carbocycles. The molecule has 22 heavy (non-hydrogen) atoms. The molecule has 0 aromatic carbocycles. The van der Waals surface area contributed by atoms with E-state index in [1.165, 1.54) is 0 Å². The second kappa shape index (κ2) is 9.22. The van der Waals surface area contributed by atoms with Crippen molar-refractivity contribution in [1.82, 2.24) is 14.8 Å². The lowest BCUT2D eigenvalue weighted by molar-refractivity contribution is -0.132. The van der Waals surface area contributed by atoms with Gasteiger partial charge in [0.2, 0.25) is 5.91 Å². The summed E-state index contributed by atoms with van der Waals surface area (Å²) in [5.41, 5.74) is 6.43. The summed E-state index contributed by atoms with van der Waals surface area (Å²) in [5, 5.41) is 3.19.